The van der Waals surface area contributed by atoms with Crippen LogP contribution in [0.5, 0.6) is 5.75 Å². The number of amides is 1. The first-order valence-electron chi connectivity index (χ1n) is 7.92. The number of aromatic hydroxyl groups is 1. The first-order chi connectivity index (χ1) is 11.6. The summed E-state index contributed by atoms with van der Waals surface area (Å²) >= 11 is 0. The van der Waals surface area contributed by atoms with Gasteiger partial charge in [0.05, 0.1) is 0 Å². The van der Waals surface area contributed by atoms with Crippen molar-refractivity contribution in [3.05, 3.63) is 59.2 Å². The first kappa shape index (κ1) is 16.1. The molecule has 0 bridgehead atoms. The number of hydrogen-bond acceptors (Lipinski definition) is 4. The topological polar surface area (TPSA) is 66.8 Å². The van der Waals surface area contributed by atoms with Gasteiger partial charge >= 0.3 is 5.97 Å². The fourth-order valence-electron chi connectivity index (χ4n) is 2.90. The van der Waals surface area contributed by atoms with Gasteiger partial charge in [-0.3, -0.25) is 4.79 Å². The van der Waals surface area contributed by atoms with Crippen molar-refractivity contribution in [3.63, 3.8) is 0 Å². The van der Waals surface area contributed by atoms with Gasteiger partial charge in [-0.05, 0) is 43.0 Å². The molecule has 1 N–H and O–H groups in total. The molecule has 124 valence electrons. The molecule has 24 heavy (non-hydrogen) atoms. The number of carbonyl (C=O) groups excluding carboxylic acids is 2. The van der Waals surface area contributed by atoms with Crippen molar-refractivity contribution in [2.24, 2.45) is 0 Å². The number of phenols is 1. The van der Waals surface area contributed by atoms with Gasteiger partial charge in [-0.25, -0.2) is 4.79 Å². The van der Waals surface area contributed by atoms with E-state index in [1.54, 1.807) is 24.0 Å². The second-order valence-electron chi connectivity index (χ2n) is 5.82. The number of fused-ring (bicyclic) bond motifs is 1. The minimum atomic E-state index is -0.699. The zero-order valence-electron chi connectivity index (χ0n) is 13.5. The van der Waals surface area contributed by atoms with Crippen molar-refractivity contribution in [3.8, 4) is 5.75 Å². The van der Waals surface area contributed by atoms with Crippen molar-refractivity contribution in [2.75, 3.05) is 18.1 Å². The standard InChI is InChI=1S/C19H19NO4/c1-13-6-4-9-15(18(13)22)19(23)24-12-17(21)20-11-5-8-14-7-2-3-10-16(14)20/h2-4,6-7,9-10,22H,5,8,11-12H2,1H3. The molecule has 0 fully saturated rings. The van der Waals surface area contributed by atoms with Crippen LogP contribution in [-0.2, 0) is 16.0 Å². The van der Waals surface area contributed by atoms with Gasteiger partial charge in [0.2, 0.25) is 0 Å². The lowest BCUT2D eigenvalue weighted by atomic mass is 10.0. The van der Waals surface area contributed by atoms with Crippen LogP contribution in [0.4, 0.5) is 5.69 Å². The minimum absolute atomic E-state index is 0.0712. The Kier molecular flexibility index (Phi) is 4.51. The number of hydrogen-bond donors (Lipinski definition) is 1. The Hall–Kier alpha value is -2.82. The molecule has 5 nitrogen and oxygen atoms in total. The van der Waals surface area contributed by atoms with E-state index < -0.39 is 5.97 Å². The number of rotatable bonds is 3. The second kappa shape index (κ2) is 6.74. The summed E-state index contributed by atoms with van der Waals surface area (Å²) in [6.07, 6.45) is 1.83. The number of para-hydroxylation sites is 2. The number of ether oxygens (including phenoxy) is 1. The van der Waals surface area contributed by atoms with E-state index in [0.29, 0.717) is 12.1 Å². The number of anilines is 1. The third-order valence-electron chi connectivity index (χ3n) is 4.20. The highest BCUT2D eigenvalue weighted by atomic mass is 16.5. The Morgan fingerprint density at radius 1 is 1.17 bits per heavy atom. The Morgan fingerprint density at radius 2 is 1.96 bits per heavy atom. The van der Waals surface area contributed by atoms with Crippen LogP contribution in [-0.4, -0.2) is 30.1 Å². The summed E-state index contributed by atoms with van der Waals surface area (Å²) in [6.45, 7) is 1.96. The van der Waals surface area contributed by atoms with Gasteiger partial charge in [0.1, 0.15) is 11.3 Å². The highest BCUT2D eigenvalue weighted by molar-refractivity contribution is 5.98. The van der Waals surface area contributed by atoms with Gasteiger partial charge in [-0.2, -0.15) is 0 Å². The smallest absolute Gasteiger partial charge is 0.342 e. The third-order valence-corrected chi connectivity index (χ3v) is 4.20. The predicted molar refractivity (Wildman–Crippen MR) is 90.2 cm³/mol. The quantitative estimate of drug-likeness (QED) is 0.881. The number of phenolic OH excluding ortho intramolecular Hbond substituents is 1. The van der Waals surface area contributed by atoms with Crippen molar-refractivity contribution in [2.45, 2.75) is 19.8 Å². The average molecular weight is 325 g/mol. The Balaban J connectivity index is 1.68. The minimum Gasteiger partial charge on any atom is -0.507 e. The Morgan fingerprint density at radius 3 is 2.79 bits per heavy atom. The van der Waals surface area contributed by atoms with Gasteiger partial charge in [0, 0.05) is 12.2 Å². The number of carbonyl (C=O) groups is 2. The number of benzene rings is 2. The van der Waals surface area contributed by atoms with E-state index in [-0.39, 0.29) is 23.8 Å². The van der Waals surface area contributed by atoms with Crippen LogP contribution >= 0.6 is 0 Å². The third kappa shape index (κ3) is 3.11. The van der Waals surface area contributed by atoms with E-state index in [4.69, 9.17) is 4.74 Å². The molecular formula is C19H19NO4. The summed E-state index contributed by atoms with van der Waals surface area (Å²) < 4.78 is 5.10. The van der Waals surface area contributed by atoms with Crippen LogP contribution in [0.25, 0.3) is 0 Å². The molecule has 0 atom stereocenters. The monoisotopic (exact) mass is 325 g/mol. The predicted octanol–water partition coefficient (Wildman–Crippen LogP) is 2.84. The highest BCUT2D eigenvalue weighted by Gasteiger charge is 2.23. The highest BCUT2D eigenvalue weighted by Crippen LogP contribution is 2.27. The van der Waals surface area contributed by atoms with Crippen molar-refractivity contribution >= 4 is 17.6 Å². The van der Waals surface area contributed by atoms with E-state index in [9.17, 15) is 14.7 Å². The molecular weight excluding hydrogens is 306 g/mol. The van der Waals surface area contributed by atoms with Crippen molar-refractivity contribution < 1.29 is 19.4 Å². The zero-order valence-corrected chi connectivity index (χ0v) is 13.5. The van der Waals surface area contributed by atoms with Crippen LogP contribution in [0.1, 0.15) is 27.9 Å². The second-order valence-corrected chi connectivity index (χ2v) is 5.82. The van der Waals surface area contributed by atoms with Gasteiger partial charge in [-0.1, -0.05) is 30.3 Å². The summed E-state index contributed by atoms with van der Waals surface area (Å²) in [5.74, 6) is -1.07. The summed E-state index contributed by atoms with van der Waals surface area (Å²) in [5, 5.41) is 9.92. The largest absolute Gasteiger partial charge is 0.507 e. The molecule has 1 aliphatic rings. The fourth-order valence-corrected chi connectivity index (χ4v) is 2.90. The van der Waals surface area contributed by atoms with Crippen LogP contribution < -0.4 is 4.90 Å². The molecule has 0 saturated carbocycles. The maximum Gasteiger partial charge on any atom is 0.342 e. The van der Waals surface area contributed by atoms with E-state index in [1.165, 1.54) is 6.07 Å². The van der Waals surface area contributed by atoms with Crippen molar-refractivity contribution in [1.82, 2.24) is 0 Å². The molecule has 1 amide bonds. The number of esters is 1. The Labute approximate surface area is 140 Å². The summed E-state index contributed by atoms with van der Waals surface area (Å²) in [7, 11) is 0. The van der Waals surface area contributed by atoms with E-state index in [1.807, 2.05) is 24.3 Å². The molecule has 5 heteroatoms. The molecule has 1 aliphatic heterocycles. The van der Waals surface area contributed by atoms with Gasteiger partial charge < -0.3 is 14.7 Å². The maximum atomic E-state index is 12.4. The van der Waals surface area contributed by atoms with Crippen molar-refractivity contribution in [1.29, 1.82) is 0 Å². The van der Waals surface area contributed by atoms with Gasteiger partial charge in [-0.15, -0.1) is 0 Å². The molecule has 2 aromatic rings. The van der Waals surface area contributed by atoms with Crippen LogP contribution in [0.15, 0.2) is 42.5 Å². The zero-order chi connectivity index (χ0) is 17.1. The maximum absolute atomic E-state index is 12.4. The first-order valence-corrected chi connectivity index (χ1v) is 7.92. The molecule has 0 aromatic heterocycles. The molecule has 0 radical (unpaired) electrons. The van der Waals surface area contributed by atoms with Crippen LogP contribution in [0.2, 0.25) is 0 Å². The lowest BCUT2D eigenvalue weighted by Crippen LogP contribution is -2.38. The van der Waals surface area contributed by atoms with E-state index >= 15 is 0 Å². The van der Waals surface area contributed by atoms with Crippen LogP contribution in [0.3, 0.4) is 0 Å². The molecule has 0 spiro atoms. The SMILES string of the molecule is Cc1cccc(C(=O)OCC(=O)N2CCCc3ccccc32)c1O. The van der Waals surface area contributed by atoms with Crippen LogP contribution in [0, 0.1) is 6.92 Å². The fraction of sp³-hybridized carbons (Fsp3) is 0.263. The number of nitrogens with zero attached hydrogens (tertiary/aromatic N) is 1. The lowest BCUT2D eigenvalue weighted by molar-refractivity contribution is -0.121. The average Bonchev–Trinajstić information content (AvgIpc) is 2.61. The normalized spacial score (nSPS) is 13.3. The summed E-state index contributed by atoms with van der Waals surface area (Å²) in [5.41, 5.74) is 2.66. The van der Waals surface area contributed by atoms with Gasteiger partial charge in [0.25, 0.3) is 5.91 Å². The summed E-state index contributed by atoms with van der Waals surface area (Å²) in [6, 6.07) is 12.6. The molecule has 1 heterocycles. The number of aryl methyl sites for hydroxylation is 2. The molecule has 2 aromatic carbocycles. The molecule has 3 rings (SSSR count). The molecule has 0 aliphatic carbocycles. The summed E-state index contributed by atoms with van der Waals surface area (Å²) in [4.78, 5) is 26.2. The Bertz CT molecular complexity index is 785. The van der Waals surface area contributed by atoms with E-state index in [2.05, 4.69) is 0 Å². The van der Waals surface area contributed by atoms with E-state index in [0.717, 1.165) is 24.1 Å². The molecule has 0 saturated heterocycles. The van der Waals surface area contributed by atoms with Gasteiger partial charge in [0.15, 0.2) is 6.61 Å². The lowest BCUT2D eigenvalue weighted by Gasteiger charge is -2.29. The molecule has 0 unspecified atom stereocenters.